The molecule has 0 aromatic heterocycles. The molecule has 0 aliphatic carbocycles. The molecule has 0 bridgehead atoms. The highest BCUT2D eigenvalue weighted by molar-refractivity contribution is 7.89. The summed E-state index contributed by atoms with van der Waals surface area (Å²) in [4.78, 5) is -0.916. The van der Waals surface area contributed by atoms with Crippen LogP contribution in [0.4, 0.5) is 13.2 Å². The first-order chi connectivity index (χ1) is 10.4. The van der Waals surface area contributed by atoms with Crippen molar-refractivity contribution in [1.29, 1.82) is 0 Å². The molecule has 0 fully saturated rings. The molecule has 2 aromatic carbocycles. The second-order valence-corrected chi connectivity index (χ2v) is 6.35. The normalized spacial score (nSPS) is 13.1. The van der Waals surface area contributed by atoms with E-state index in [0.29, 0.717) is 24.1 Å². The van der Waals surface area contributed by atoms with Gasteiger partial charge < -0.3 is 0 Å². The van der Waals surface area contributed by atoms with Crippen LogP contribution in [0.25, 0.3) is 0 Å². The van der Waals surface area contributed by atoms with Crippen molar-refractivity contribution >= 4 is 10.0 Å². The molecule has 0 heterocycles. The first-order valence-electron chi connectivity index (χ1n) is 6.57. The minimum absolute atomic E-state index is 0.411. The molecule has 0 saturated heterocycles. The van der Waals surface area contributed by atoms with Crippen LogP contribution in [0, 0.1) is 17.5 Å². The van der Waals surface area contributed by atoms with E-state index >= 15 is 0 Å². The quantitative estimate of drug-likeness (QED) is 0.853. The summed E-state index contributed by atoms with van der Waals surface area (Å²) in [6, 6.07) is 9.38. The molecule has 118 valence electrons. The monoisotopic (exact) mass is 329 g/mol. The minimum atomic E-state index is -4.32. The van der Waals surface area contributed by atoms with Gasteiger partial charge in [0.1, 0.15) is 4.90 Å². The average molecular weight is 329 g/mol. The zero-order valence-electron chi connectivity index (χ0n) is 11.7. The van der Waals surface area contributed by atoms with Crippen LogP contribution in [-0.4, -0.2) is 8.42 Å². The number of benzene rings is 2. The smallest absolute Gasteiger partial charge is 0.207 e. The van der Waals surface area contributed by atoms with Crippen LogP contribution >= 0.6 is 0 Å². The molecule has 0 radical (unpaired) electrons. The Labute approximate surface area is 126 Å². The Bertz CT molecular complexity index is 764. The Morgan fingerprint density at radius 1 is 1.00 bits per heavy atom. The van der Waals surface area contributed by atoms with Gasteiger partial charge in [-0.25, -0.2) is 26.3 Å². The second kappa shape index (κ2) is 6.50. The molecule has 2 rings (SSSR count). The van der Waals surface area contributed by atoms with Gasteiger partial charge in [-0.3, -0.25) is 0 Å². The maximum atomic E-state index is 13.7. The fourth-order valence-electron chi connectivity index (χ4n) is 2.04. The maximum Gasteiger partial charge on any atom is 0.244 e. The standard InChI is InChI=1S/C15H14F3NO2S/c1-2-12(10-6-4-3-5-7-10)19-22(20,21)13-9-8-11(16)14(17)15(13)18/h3-9,12,19H,2H2,1H3. The lowest BCUT2D eigenvalue weighted by atomic mass is 10.1. The van der Waals surface area contributed by atoms with E-state index in [1.807, 2.05) is 0 Å². The molecule has 0 saturated carbocycles. The molecule has 0 aliphatic rings. The molecule has 1 unspecified atom stereocenters. The summed E-state index contributed by atoms with van der Waals surface area (Å²) in [5.41, 5.74) is 0.691. The Balaban J connectivity index is 2.37. The van der Waals surface area contributed by atoms with Crippen molar-refractivity contribution < 1.29 is 21.6 Å². The molecule has 1 N–H and O–H groups in total. The van der Waals surface area contributed by atoms with Crippen molar-refractivity contribution in [2.45, 2.75) is 24.3 Å². The SMILES string of the molecule is CCC(NS(=O)(=O)c1ccc(F)c(F)c1F)c1ccccc1. The Morgan fingerprint density at radius 3 is 2.23 bits per heavy atom. The van der Waals surface area contributed by atoms with Crippen molar-refractivity contribution in [1.82, 2.24) is 4.72 Å². The highest BCUT2D eigenvalue weighted by atomic mass is 32.2. The summed E-state index contributed by atoms with van der Waals surface area (Å²) < 4.78 is 66.6. The highest BCUT2D eigenvalue weighted by Crippen LogP contribution is 2.23. The number of sulfonamides is 1. The highest BCUT2D eigenvalue weighted by Gasteiger charge is 2.26. The number of hydrogen-bond donors (Lipinski definition) is 1. The van der Waals surface area contributed by atoms with Crippen molar-refractivity contribution in [2.75, 3.05) is 0 Å². The van der Waals surface area contributed by atoms with Crippen LogP contribution in [-0.2, 0) is 10.0 Å². The largest absolute Gasteiger partial charge is 0.244 e. The number of nitrogens with one attached hydrogen (secondary N) is 1. The third-order valence-corrected chi connectivity index (χ3v) is 4.69. The van der Waals surface area contributed by atoms with Gasteiger partial charge in [0.15, 0.2) is 17.5 Å². The van der Waals surface area contributed by atoms with Gasteiger partial charge in [0.2, 0.25) is 10.0 Å². The summed E-state index contributed by atoms with van der Waals surface area (Å²) >= 11 is 0. The fraction of sp³-hybridized carbons (Fsp3) is 0.200. The molecular weight excluding hydrogens is 315 g/mol. The zero-order chi connectivity index (χ0) is 16.3. The zero-order valence-corrected chi connectivity index (χ0v) is 12.5. The third-order valence-electron chi connectivity index (χ3n) is 3.20. The Kier molecular flexibility index (Phi) is 4.87. The molecule has 3 nitrogen and oxygen atoms in total. The Morgan fingerprint density at radius 2 is 1.64 bits per heavy atom. The van der Waals surface area contributed by atoms with Crippen molar-refractivity contribution in [3.05, 3.63) is 65.5 Å². The molecule has 2 aromatic rings. The predicted molar refractivity (Wildman–Crippen MR) is 76.1 cm³/mol. The molecule has 7 heteroatoms. The van der Waals surface area contributed by atoms with E-state index in [9.17, 15) is 21.6 Å². The summed E-state index contributed by atoms with van der Waals surface area (Å²) in [5, 5.41) is 0. The van der Waals surface area contributed by atoms with Gasteiger partial charge in [-0.05, 0) is 24.1 Å². The topological polar surface area (TPSA) is 46.2 Å². The first kappa shape index (κ1) is 16.5. The lowest BCUT2D eigenvalue weighted by Gasteiger charge is -2.18. The minimum Gasteiger partial charge on any atom is -0.207 e. The van der Waals surface area contributed by atoms with Gasteiger partial charge in [-0.15, -0.1) is 0 Å². The van der Waals surface area contributed by atoms with Gasteiger partial charge >= 0.3 is 0 Å². The molecule has 1 atom stereocenters. The predicted octanol–water partition coefficient (Wildman–Crippen LogP) is 3.53. The lowest BCUT2D eigenvalue weighted by Crippen LogP contribution is -2.29. The van der Waals surface area contributed by atoms with E-state index < -0.39 is 38.4 Å². The van der Waals surface area contributed by atoms with Crippen molar-refractivity contribution in [3.8, 4) is 0 Å². The van der Waals surface area contributed by atoms with E-state index in [1.54, 1.807) is 37.3 Å². The molecule has 0 spiro atoms. The van der Waals surface area contributed by atoms with Crippen LogP contribution in [0.1, 0.15) is 24.9 Å². The van der Waals surface area contributed by atoms with Gasteiger partial charge in [-0.1, -0.05) is 37.3 Å². The van der Waals surface area contributed by atoms with E-state index in [2.05, 4.69) is 4.72 Å². The summed E-state index contributed by atoms with van der Waals surface area (Å²) in [5.74, 6) is -4.97. The number of hydrogen-bond acceptors (Lipinski definition) is 2. The molecule has 0 amide bonds. The van der Waals surface area contributed by atoms with E-state index in [0.717, 1.165) is 0 Å². The average Bonchev–Trinajstić information content (AvgIpc) is 2.51. The summed E-state index contributed by atoms with van der Waals surface area (Å²) in [6.07, 6.45) is 0.411. The van der Waals surface area contributed by atoms with Crippen LogP contribution < -0.4 is 4.72 Å². The fourth-order valence-corrected chi connectivity index (χ4v) is 3.42. The van der Waals surface area contributed by atoms with Crippen LogP contribution in [0.3, 0.4) is 0 Å². The van der Waals surface area contributed by atoms with Gasteiger partial charge in [0, 0.05) is 6.04 Å². The van der Waals surface area contributed by atoms with Crippen molar-refractivity contribution in [3.63, 3.8) is 0 Å². The lowest BCUT2D eigenvalue weighted by molar-refractivity contribution is 0.431. The molecular formula is C15H14F3NO2S. The second-order valence-electron chi connectivity index (χ2n) is 4.67. The van der Waals surface area contributed by atoms with E-state index in [-0.39, 0.29) is 0 Å². The van der Waals surface area contributed by atoms with Crippen LogP contribution in [0.5, 0.6) is 0 Å². The number of halogens is 3. The Hall–Kier alpha value is -1.86. The first-order valence-corrected chi connectivity index (χ1v) is 8.06. The third kappa shape index (κ3) is 3.31. The maximum absolute atomic E-state index is 13.7. The van der Waals surface area contributed by atoms with Crippen LogP contribution in [0.2, 0.25) is 0 Å². The molecule has 0 aliphatic heterocycles. The van der Waals surface area contributed by atoms with Gasteiger partial charge in [0.25, 0.3) is 0 Å². The van der Waals surface area contributed by atoms with Gasteiger partial charge in [0.05, 0.1) is 0 Å². The van der Waals surface area contributed by atoms with E-state index in [4.69, 9.17) is 0 Å². The number of rotatable bonds is 5. The van der Waals surface area contributed by atoms with Gasteiger partial charge in [-0.2, -0.15) is 0 Å². The van der Waals surface area contributed by atoms with E-state index in [1.165, 1.54) is 0 Å². The summed E-state index contributed by atoms with van der Waals surface area (Å²) in [6.45, 7) is 1.75. The summed E-state index contributed by atoms with van der Waals surface area (Å²) in [7, 11) is -4.32. The van der Waals surface area contributed by atoms with Crippen molar-refractivity contribution in [2.24, 2.45) is 0 Å². The molecule has 22 heavy (non-hydrogen) atoms. The van der Waals surface area contributed by atoms with Crippen LogP contribution in [0.15, 0.2) is 47.4 Å².